The summed E-state index contributed by atoms with van der Waals surface area (Å²) in [6.45, 7) is 1.75. The minimum Gasteiger partial charge on any atom is -0.494 e. The molecule has 0 fully saturated rings. The molecule has 1 atom stereocenters. The van der Waals surface area contributed by atoms with Gasteiger partial charge in [0.15, 0.2) is 11.6 Å². The Labute approximate surface area is 81.9 Å². The molecule has 14 heavy (non-hydrogen) atoms. The van der Waals surface area contributed by atoms with Gasteiger partial charge in [0.1, 0.15) is 5.82 Å². The highest BCUT2D eigenvalue weighted by Gasteiger charge is 2.13. The first-order valence-corrected chi connectivity index (χ1v) is 4.30. The van der Waals surface area contributed by atoms with Crippen LogP contribution in [0, 0.1) is 11.6 Å². The van der Waals surface area contributed by atoms with Crippen molar-refractivity contribution in [2.24, 2.45) is 0 Å². The molecule has 1 aromatic rings. The predicted molar refractivity (Wildman–Crippen MR) is 50.4 cm³/mol. The summed E-state index contributed by atoms with van der Waals surface area (Å²) in [5.74, 6) is -1.09. The van der Waals surface area contributed by atoms with Gasteiger partial charge in [0.2, 0.25) is 0 Å². The molecule has 0 saturated heterocycles. The molecule has 0 bridgehead atoms. The van der Waals surface area contributed by atoms with E-state index >= 15 is 0 Å². The lowest BCUT2D eigenvalue weighted by molar-refractivity contribution is 0.380. The van der Waals surface area contributed by atoms with Gasteiger partial charge < -0.3 is 10.1 Å². The first-order chi connectivity index (χ1) is 6.60. The fourth-order valence-electron chi connectivity index (χ4n) is 1.19. The van der Waals surface area contributed by atoms with E-state index in [0.29, 0.717) is 5.56 Å². The fourth-order valence-corrected chi connectivity index (χ4v) is 1.19. The third kappa shape index (κ3) is 2.01. The largest absolute Gasteiger partial charge is 0.494 e. The Bertz CT molecular complexity index is 328. The molecular formula is C10H13F2NO. The van der Waals surface area contributed by atoms with Crippen LogP contribution in [0.1, 0.15) is 18.5 Å². The number of hydrogen-bond donors (Lipinski definition) is 1. The zero-order valence-electron chi connectivity index (χ0n) is 8.40. The summed E-state index contributed by atoms with van der Waals surface area (Å²) in [6, 6.07) is 1.98. The monoisotopic (exact) mass is 201 g/mol. The number of methoxy groups -OCH3 is 1. The average Bonchev–Trinajstić information content (AvgIpc) is 2.19. The van der Waals surface area contributed by atoms with Crippen molar-refractivity contribution in [1.29, 1.82) is 0 Å². The molecule has 0 aliphatic carbocycles. The Morgan fingerprint density at radius 1 is 1.29 bits per heavy atom. The summed E-state index contributed by atoms with van der Waals surface area (Å²) < 4.78 is 31.2. The van der Waals surface area contributed by atoms with Crippen molar-refractivity contribution < 1.29 is 13.5 Å². The van der Waals surface area contributed by atoms with Crippen LogP contribution in [-0.2, 0) is 0 Å². The van der Waals surface area contributed by atoms with E-state index in [0.717, 1.165) is 12.1 Å². The lowest BCUT2D eigenvalue weighted by Crippen LogP contribution is -2.14. The van der Waals surface area contributed by atoms with Crippen molar-refractivity contribution in [3.05, 3.63) is 29.3 Å². The number of ether oxygens (including phenoxy) is 1. The number of halogens is 2. The van der Waals surface area contributed by atoms with Crippen LogP contribution < -0.4 is 10.1 Å². The first-order valence-electron chi connectivity index (χ1n) is 4.30. The molecule has 1 aromatic carbocycles. The van der Waals surface area contributed by atoms with E-state index in [1.54, 1.807) is 14.0 Å². The molecule has 0 amide bonds. The molecular weight excluding hydrogens is 188 g/mol. The molecule has 2 nitrogen and oxygen atoms in total. The molecule has 0 heterocycles. The Hall–Kier alpha value is -1.16. The van der Waals surface area contributed by atoms with Crippen LogP contribution in [0.2, 0.25) is 0 Å². The zero-order valence-corrected chi connectivity index (χ0v) is 8.40. The molecule has 0 aliphatic heterocycles. The Kier molecular flexibility index (Phi) is 3.41. The van der Waals surface area contributed by atoms with Crippen LogP contribution in [0.25, 0.3) is 0 Å². The second-order valence-corrected chi connectivity index (χ2v) is 3.02. The third-order valence-corrected chi connectivity index (χ3v) is 2.17. The van der Waals surface area contributed by atoms with Gasteiger partial charge in [-0.05, 0) is 20.0 Å². The molecule has 0 aliphatic rings. The molecule has 1 unspecified atom stereocenters. The van der Waals surface area contributed by atoms with Crippen LogP contribution in [-0.4, -0.2) is 14.2 Å². The predicted octanol–water partition coefficient (Wildman–Crippen LogP) is 2.25. The van der Waals surface area contributed by atoms with Gasteiger partial charge in [-0.3, -0.25) is 0 Å². The maximum atomic E-state index is 13.4. The van der Waals surface area contributed by atoms with Gasteiger partial charge in [-0.1, -0.05) is 0 Å². The maximum absolute atomic E-state index is 13.4. The molecule has 78 valence electrons. The normalized spacial score (nSPS) is 12.6. The summed E-state index contributed by atoms with van der Waals surface area (Å²) in [5, 5.41) is 2.84. The van der Waals surface area contributed by atoms with E-state index in [2.05, 4.69) is 10.1 Å². The zero-order chi connectivity index (χ0) is 10.7. The summed E-state index contributed by atoms with van der Waals surface area (Å²) in [5.41, 5.74) is 0.297. The van der Waals surface area contributed by atoms with Crippen molar-refractivity contribution >= 4 is 0 Å². The van der Waals surface area contributed by atoms with Gasteiger partial charge in [0, 0.05) is 17.7 Å². The SMILES string of the molecule is CNC(C)c1cc(F)c(OC)cc1F. The lowest BCUT2D eigenvalue weighted by atomic mass is 10.1. The van der Waals surface area contributed by atoms with Gasteiger partial charge in [0.25, 0.3) is 0 Å². The number of hydrogen-bond acceptors (Lipinski definition) is 2. The minimum atomic E-state index is -0.550. The summed E-state index contributed by atoms with van der Waals surface area (Å²) in [4.78, 5) is 0. The molecule has 0 aromatic heterocycles. The van der Waals surface area contributed by atoms with Gasteiger partial charge in [-0.2, -0.15) is 0 Å². The number of benzene rings is 1. The van der Waals surface area contributed by atoms with Crippen LogP contribution in [0.15, 0.2) is 12.1 Å². The summed E-state index contributed by atoms with van der Waals surface area (Å²) in [6.07, 6.45) is 0. The van der Waals surface area contributed by atoms with Crippen LogP contribution in [0.4, 0.5) is 8.78 Å². The van der Waals surface area contributed by atoms with Gasteiger partial charge in [-0.15, -0.1) is 0 Å². The Balaban J connectivity index is 3.14. The van der Waals surface area contributed by atoms with Crippen molar-refractivity contribution in [2.75, 3.05) is 14.2 Å². The van der Waals surface area contributed by atoms with E-state index < -0.39 is 11.6 Å². The lowest BCUT2D eigenvalue weighted by Gasteiger charge is -2.13. The van der Waals surface area contributed by atoms with Crippen LogP contribution >= 0.6 is 0 Å². The Morgan fingerprint density at radius 3 is 2.43 bits per heavy atom. The van der Waals surface area contributed by atoms with Crippen LogP contribution in [0.5, 0.6) is 5.75 Å². The second-order valence-electron chi connectivity index (χ2n) is 3.02. The highest BCUT2D eigenvalue weighted by molar-refractivity contribution is 5.32. The van der Waals surface area contributed by atoms with E-state index in [1.165, 1.54) is 7.11 Å². The van der Waals surface area contributed by atoms with Gasteiger partial charge >= 0.3 is 0 Å². The van der Waals surface area contributed by atoms with Gasteiger partial charge in [0.05, 0.1) is 7.11 Å². The minimum absolute atomic E-state index is 0.0745. The maximum Gasteiger partial charge on any atom is 0.165 e. The second kappa shape index (κ2) is 4.37. The van der Waals surface area contributed by atoms with Crippen molar-refractivity contribution in [3.8, 4) is 5.75 Å². The first kappa shape index (κ1) is 10.9. The van der Waals surface area contributed by atoms with E-state index in [9.17, 15) is 8.78 Å². The molecule has 4 heteroatoms. The van der Waals surface area contributed by atoms with E-state index in [-0.39, 0.29) is 11.8 Å². The summed E-state index contributed by atoms with van der Waals surface area (Å²) >= 11 is 0. The summed E-state index contributed by atoms with van der Waals surface area (Å²) in [7, 11) is 2.99. The van der Waals surface area contributed by atoms with Crippen LogP contribution in [0.3, 0.4) is 0 Å². The molecule has 1 N–H and O–H groups in total. The van der Waals surface area contributed by atoms with E-state index in [4.69, 9.17) is 0 Å². The van der Waals surface area contributed by atoms with Crippen molar-refractivity contribution in [1.82, 2.24) is 5.32 Å². The van der Waals surface area contributed by atoms with E-state index in [1.807, 2.05) is 0 Å². The van der Waals surface area contributed by atoms with Gasteiger partial charge in [-0.25, -0.2) is 8.78 Å². The highest BCUT2D eigenvalue weighted by Crippen LogP contribution is 2.24. The quantitative estimate of drug-likeness (QED) is 0.809. The molecule has 0 saturated carbocycles. The average molecular weight is 201 g/mol. The standard InChI is InChI=1S/C10H13F2NO/c1-6(13-2)7-4-9(12)10(14-3)5-8(7)11/h4-6,13H,1-3H3. The highest BCUT2D eigenvalue weighted by atomic mass is 19.1. The Morgan fingerprint density at radius 2 is 1.93 bits per heavy atom. The number of rotatable bonds is 3. The third-order valence-electron chi connectivity index (χ3n) is 2.17. The van der Waals surface area contributed by atoms with Crippen molar-refractivity contribution in [2.45, 2.75) is 13.0 Å². The molecule has 0 radical (unpaired) electrons. The molecule has 0 spiro atoms. The topological polar surface area (TPSA) is 21.3 Å². The molecule has 1 rings (SSSR count). The number of nitrogens with one attached hydrogen (secondary N) is 1. The van der Waals surface area contributed by atoms with Crippen molar-refractivity contribution in [3.63, 3.8) is 0 Å². The fraction of sp³-hybridized carbons (Fsp3) is 0.400. The smallest absolute Gasteiger partial charge is 0.165 e.